The van der Waals surface area contributed by atoms with Gasteiger partial charge in [-0.05, 0) is 116 Å². The van der Waals surface area contributed by atoms with Crippen LogP contribution in [0.15, 0.2) is 176 Å². The summed E-state index contributed by atoms with van der Waals surface area (Å²) in [7, 11) is 0. The van der Waals surface area contributed by atoms with Crippen LogP contribution in [0.25, 0.3) is 92.2 Å². The summed E-state index contributed by atoms with van der Waals surface area (Å²) in [4.78, 5) is 0. The molecule has 0 radical (unpaired) electrons. The van der Waals surface area contributed by atoms with Crippen LogP contribution in [0.4, 0.5) is 0 Å². The maximum Gasteiger partial charge on any atom is 0.0541 e. The highest BCUT2D eigenvalue weighted by molar-refractivity contribution is 7.26. The lowest BCUT2D eigenvalue weighted by atomic mass is 9.81. The van der Waals surface area contributed by atoms with E-state index in [4.69, 9.17) is 0 Å². The summed E-state index contributed by atoms with van der Waals surface area (Å²) in [6, 6.07) is 65.4. The Morgan fingerprint density at radius 2 is 1.02 bits per heavy atom. The van der Waals surface area contributed by atoms with Gasteiger partial charge in [-0.1, -0.05) is 129 Å². The number of fused-ring (bicyclic) bond motifs is 9. The molecule has 8 aromatic carbocycles. The average Bonchev–Trinajstić information content (AvgIpc) is 3.83. The molecule has 0 unspecified atom stereocenters. The van der Waals surface area contributed by atoms with Gasteiger partial charge in [0.05, 0.1) is 11.0 Å². The Labute approximate surface area is 313 Å². The van der Waals surface area contributed by atoms with E-state index in [0.717, 1.165) is 0 Å². The molecule has 0 saturated heterocycles. The summed E-state index contributed by atoms with van der Waals surface area (Å²) in [5.74, 6) is 0. The molecular formula is C51H35NS. The minimum absolute atomic E-state index is 0.0664. The van der Waals surface area contributed by atoms with Crippen LogP contribution in [0.5, 0.6) is 0 Å². The number of hydrogen-bond acceptors (Lipinski definition) is 1. The Kier molecular flexibility index (Phi) is 6.53. The Morgan fingerprint density at radius 3 is 1.89 bits per heavy atom. The molecule has 2 aromatic heterocycles. The lowest BCUT2D eigenvalue weighted by Crippen LogP contribution is -2.14. The van der Waals surface area contributed by atoms with Crippen LogP contribution in [0.1, 0.15) is 25.0 Å². The number of rotatable bonds is 4. The zero-order valence-electron chi connectivity index (χ0n) is 29.6. The lowest BCUT2D eigenvalue weighted by molar-refractivity contribution is 0.660. The van der Waals surface area contributed by atoms with Crippen LogP contribution in [0, 0.1) is 0 Å². The zero-order valence-corrected chi connectivity index (χ0v) is 30.4. The Hall–Kier alpha value is -6.22. The molecule has 0 atom stereocenters. The summed E-state index contributed by atoms with van der Waals surface area (Å²) in [6.07, 6.45) is 0. The molecule has 2 heterocycles. The third kappa shape index (κ3) is 4.56. The summed E-state index contributed by atoms with van der Waals surface area (Å²) in [6.45, 7) is 4.74. The molecule has 0 spiro atoms. The molecule has 0 fully saturated rings. The predicted molar refractivity (Wildman–Crippen MR) is 228 cm³/mol. The van der Waals surface area contributed by atoms with Gasteiger partial charge in [0.2, 0.25) is 0 Å². The standard InChI is InChI=1S/C51H35NS/c1-51(2)45-20-9-6-15-39(45)40-25-23-33(31-46(40)51)35-27-34(28-36(29-35)38-18-12-19-43-42-17-8-11-22-49(42)53-50(38)43)32-24-26-48-44(30-32)41-16-7-10-21-47(41)52(48)37-13-4-3-5-14-37/h3-31H,1-2H3. The largest absolute Gasteiger partial charge is 0.309 e. The Bertz CT molecular complexity index is 3080. The van der Waals surface area contributed by atoms with Crippen molar-refractivity contribution >= 4 is 53.3 Å². The zero-order chi connectivity index (χ0) is 35.3. The van der Waals surface area contributed by atoms with Crippen molar-refractivity contribution in [1.29, 1.82) is 0 Å². The topological polar surface area (TPSA) is 4.93 Å². The van der Waals surface area contributed by atoms with E-state index < -0.39 is 0 Å². The maximum atomic E-state index is 2.45. The maximum absolute atomic E-state index is 2.45. The van der Waals surface area contributed by atoms with Crippen molar-refractivity contribution in [3.05, 3.63) is 187 Å². The minimum Gasteiger partial charge on any atom is -0.309 e. The highest BCUT2D eigenvalue weighted by Gasteiger charge is 2.35. The van der Waals surface area contributed by atoms with Crippen molar-refractivity contribution in [2.45, 2.75) is 19.3 Å². The second-order valence-corrected chi connectivity index (χ2v) is 16.0. The van der Waals surface area contributed by atoms with E-state index in [-0.39, 0.29) is 5.41 Å². The number of para-hydroxylation sites is 2. The van der Waals surface area contributed by atoms with Crippen molar-refractivity contribution in [3.63, 3.8) is 0 Å². The molecule has 0 aliphatic heterocycles. The van der Waals surface area contributed by atoms with Crippen molar-refractivity contribution < 1.29 is 0 Å². The van der Waals surface area contributed by atoms with Crippen LogP contribution < -0.4 is 0 Å². The van der Waals surface area contributed by atoms with Crippen molar-refractivity contribution in [2.24, 2.45) is 0 Å². The van der Waals surface area contributed by atoms with Crippen LogP contribution in [-0.2, 0) is 5.41 Å². The number of benzene rings is 8. The molecule has 0 N–H and O–H groups in total. The van der Waals surface area contributed by atoms with Gasteiger partial charge in [-0.3, -0.25) is 0 Å². The van der Waals surface area contributed by atoms with Gasteiger partial charge in [-0.25, -0.2) is 0 Å². The van der Waals surface area contributed by atoms with E-state index in [1.165, 1.54) is 103 Å². The van der Waals surface area contributed by atoms with Gasteiger partial charge in [0.25, 0.3) is 0 Å². The summed E-state index contributed by atoms with van der Waals surface area (Å²) < 4.78 is 5.05. The number of thiophene rings is 1. The molecule has 1 nitrogen and oxygen atoms in total. The summed E-state index contributed by atoms with van der Waals surface area (Å²) >= 11 is 1.90. The first-order valence-corrected chi connectivity index (χ1v) is 19.2. The second-order valence-electron chi connectivity index (χ2n) is 14.9. The van der Waals surface area contributed by atoms with Gasteiger partial charge in [0.1, 0.15) is 0 Å². The van der Waals surface area contributed by atoms with Gasteiger partial charge in [-0.2, -0.15) is 0 Å². The molecule has 250 valence electrons. The van der Waals surface area contributed by atoms with Gasteiger partial charge >= 0.3 is 0 Å². The number of nitrogens with zero attached hydrogens (tertiary/aromatic N) is 1. The van der Waals surface area contributed by atoms with Crippen molar-refractivity contribution in [3.8, 4) is 50.2 Å². The fourth-order valence-corrected chi connectivity index (χ4v) is 10.2. The molecule has 0 saturated carbocycles. The molecule has 2 heteroatoms. The lowest BCUT2D eigenvalue weighted by Gasteiger charge is -2.22. The highest BCUT2D eigenvalue weighted by atomic mass is 32.1. The first kappa shape index (κ1) is 30.4. The van der Waals surface area contributed by atoms with Crippen LogP contribution in [-0.4, -0.2) is 4.57 Å². The number of aromatic nitrogens is 1. The van der Waals surface area contributed by atoms with Gasteiger partial charge < -0.3 is 4.57 Å². The van der Waals surface area contributed by atoms with Crippen LogP contribution >= 0.6 is 11.3 Å². The monoisotopic (exact) mass is 693 g/mol. The van der Waals surface area contributed by atoms with Gasteiger partial charge in [0, 0.05) is 42.0 Å². The number of hydrogen-bond donors (Lipinski definition) is 0. The van der Waals surface area contributed by atoms with E-state index >= 15 is 0 Å². The smallest absolute Gasteiger partial charge is 0.0541 e. The first-order chi connectivity index (χ1) is 26.0. The van der Waals surface area contributed by atoms with Gasteiger partial charge in [0.15, 0.2) is 0 Å². The predicted octanol–water partition coefficient (Wildman–Crippen LogP) is 14.5. The molecule has 10 aromatic rings. The third-order valence-electron chi connectivity index (χ3n) is 11.6. The minimum atomic E-state index is -0.0664. The van der Waals surface area contributed by atoms with Crippen molar-refractivity contribution in [2.75, 3.05) is 0 Å². The Balaban J connectivity index is 1.15. The molecule has 53 heavy (non-hydrogen) atoms. The fourth-order valence-electron chi connectivity index (χ4n) is 8.98. The average molecular weight is 694 g/mol. The molecule has 1 aliphatic carbocycles. The van der Waals surface area contributed by atoms with E-state index in [1.54, 1.807) is 0 Å². The van der Waals surface area contributed by atoms with E-state index in [0.29, 0.717) is 0 Å². The molecular weight excluding hydrogens is 659 g/mol. The van der Waals surface area contributed by atoms with Crippen LogP contribution in [0.3, 0.4) is 0 Å². The Morgan fingerprint density at radius 1 is 0.396 bits per heavy atom. The molecule has 11 rings (SSSR count). The molecule has 0 bridgehead atoms. The van der Waals surface area contributed by atoms with E-state index in [2.05, 4.69) is 194 Å². The normalized spacial score (nSPS) is 13.2. The van der Waals surface area contributed by atoms with Crippen molar-refractivity contribution in [1.82, 2.24) is 4.57 Å². The van der Waals surface area contributed by atoms with Crippen LogP contribution in [0.2, 0.25) is 0 Å². The quantitative estimate of drug-likeness (QED) is 0.173. The van der Waals surface area contributed by atoms with E-state index in [1.807, 2.05) is 11.3 Å². The summed E-state index contributed by atoms with van der Waals surface area (Å²) in [5.41, 5.74) is 16.5. The van der Waals surface area contributed by atoms with E-state index in [9.17, 15) is 0 Å². The fraction of sp³-hybridized carbons (Fsp3) is 0.0588. The second kappa shape index (κ2) is 11.4. The van der Waals surface area contributed by atoms with Gasteiger partial charge in [-0.15, -0.1) is 11.3 Å². The summed E-state index contributed by atoms with van der Waals surface area (Å²) in [5, 5.41) is 5.17. The SMILES string of the molecule is CC1(C)c2ccccc2-c2ccc(-c3cc(-c4ccc5c(c4)c4ccccc4n5-c4ccccc4)cc(-c4cccc5c4sc4ccccc45)c3)cc21. The third-order valence-corrected chi connectivity index (χ3v) is 12.8. The first-order valence-electron chi connectivity index (χ1n) is 18.4. The molecule has 1 aliphatic rings. The highest BCUT2D eigenvalue weighted by Crippen LogP contribution is 2.50. The molecule has 0 amide bonds.